The summed E-state index contributed by atoms with van der Waals surface area (Å²) >= 11 is 0. The number of quaternary nitrogens is 1. The van der Waals surface area contributed by atoms with Gasteiger partial charge in [0.15, 0.2) is 14.1 Å². The van der Waals surface area contributed by atoms with Gasteiger partial charge >= 0.3 is 0 Å². The van der Waals surface area contributed by atoms with E-state index in [4.69, 9.17) is 9.26 Å². The predicted octanol–water partition coefficient (Wildman–Crippen LogP) is 4.34. The minimum absolute atomic E-state index is 0.112. The Bertz CT molecular complexity index is 492. The molecular formula is C17H29NO3Si. The van der Waals surface area contributed by atoms with Crippen LogP contribution in [0.15, 0.2) is 30.3 Å². The zero-order valence-corrected chi connectivity index (χ0v) is 15.6. The van der Waals surface area contributed by atoms with Crippen molar-refractivity contribution in [3.05, 3.63) is 35.5 Å². The highest BCUT2D eigenvalue weighted by atomic mass is 28.4. The summed E-state index contributed by atoms with van der Waals surface area (Å²) in [5.74, 6) is 0.907. The average molecular weight is 324 g/mol. The van der Waals surface area contributed by atoms with E-state index in [1.54, 1.807) is 0 Å². The average Bonchev–Trinajstić information content (AvgIpc) is 2.35. The van der Waals surface area contributed by atoms with E-state index in [1.807, 2.05) is 30.3 Å². The molecule has 0 radical (unpaired) electrons. The second-order valence-corrected chi connectivity index (χ2v) is 12.7. The van der Waals surface area contributed by atoms with E-state index in [2.05, 4.69) is 40.8 Å². The van der Waals surface area contributed by atoms with Crippen LogP contribution in [0.25, 0.3) is 0 Å². The van der Waals surface area contributed by atoms with Gasteiger partial charge in [-0.3, -0.25) is 0 Å². The Balaban J connectivity index is 1.88. The van der Waals surface area contributed by atoms with Gasteiger partial charge in [-0.15, -0.1) is 0 Å². The third-order valence-corrected chi connectivity index (χ3v) is 9.56. The molecule has 0 aromatic heterocycles. The van der Waals surface area contributed by atoms with Gasteiger partial charge in [0, 0.05) is 0 Å². The van der Waals surface area contributed by atoms with E-state index in [9.17, 15) is 5.21 Å². The fourth-order valence-corrected chi connectivity index (χ4v) is 3.92. The first kappa shape index (κ1) is 17.5. The largest absolute Gasteiger partial charge is 0.589 e. The number of hydrogen-bond acceptors (Lipinski definition) is 3. The predicted molar refractivity (Wildman–Crippen MR) is 91.7 cm³/mol. The van der Waals surface area contributed by atoms with Crippen molar-refractivity contribution in [2.75, 3.05) is 13.1 Å². The molecule has 5 heteroatoms. The summed E-state index contributed by atoms with van der Waals surface area (Å²) in [7, 11) is -1.78. The van der Waals surface area contributed by atoms with Gasteiger partial charge in [-0.25, -0.2) is 0 Å². The van der Waals surface area contributed by atoms with E-state index < -0.39 is 13.1 Å². The molecule has 1 aliphatic heterocycles. The number of rotatable bonds is 5. The molecule has 1 fully saturated rings. The fourth-order valence-electron chi connectivity index (χ4n) is 2.44. The van der Waals surface area contributed by atoms with Crippen molar-refractivity contribution in [2.24, 2.45) is 5.92 Å². The zero-order chi connectivity index (χ0) is 16.6. The van der Waals surface area contributed by atoms with Gasteiger partial charge < -0.3 is 14.5 Å². The highest BCUT2D eigenvalue weighted by molar-refractivity contribution is 6.74. The Morgan fingerprint density at radius 3 is 2.23 bits per heavy atom. The molecule has 4 nitrogen and oxygen atoms in total. The third-order valence-electron chi connectivity index (χ3n) is 4.99. The van der Waals surface area contributed by atoms with Crippen molar-refractivity contribution in [2.45, 2.75) is 51.9 Å². The highest BCUT2D eigenvalue weighted by Crippen LogP contribution is 2.39. The van der Waals surface area contributed by atoms with Crippen molar-refractivity contribution in [3.8, 4) is 5.75 Å². The fraction of sp³-hybridized carbons (Fsp3) is 0.647. The van der Waals surface area contributed by atoms with Gasteiger partial charge in [-0.05, 0) is 37.2 Å². The lowest BCUT2D eigenvalue weighted by Gasteiger charge is -2.52. The first-order valence-electron chi connectivity index (χ1n) is 8.03. The normalized spacial score (nSPS) is 27.1. The zero-order valence-electron chi connectivity index (χ0n) is 14.6. The third kappa shape index (κ3) is 3.90. The van der Waals surface area contributed by atoms with Crippen LogP contribution in [-0.4, -0.2) is 32.3 Å². The van der Waals surface area contributed by atoms with Crippen molar-refractivity contribution >= 4 is 8.32 Å². The SMILES string of the molecule is C[C@@H](O[Si](C)(C)C(C)(C)C)C1C[N+]([O-])(Oc2ccccc2)C1. The van der Waals surface area contributed by atoms with E-state index >= 15 is 0 Å². The van der Waals surface area contributed by atoms with E-state index in [0.29, 0.717) is 18.8 Å². The number of hydrogen-bond donors (Lipinski definition) is 0. The van der Waals surface area contributed by atoms with Gasteiger partial charge in [0.05, 0.1) is 12.0 Å². The van der Waals surface area contributed by atoms with Gasteiger partial charge in [-0.2, -0.15) is 4.81 Å². The van der Waals surface area contributed by atoms with Crippen LogP contribution >= 0.6 is 0 Å². The summed E-state index contributed by atoms with van der Waals surface area (Å²) in [6, 6.07) is 9.31. The summed E-state index contributed by atoms with van der Waals surface area (Å²) in [6.07, 6.45) is 0.112. The second kappa shape index (κ2) is 5.96. The molecule has 0 unspecified atom stereocenters. The summed E-state index contributed by atoms with van der Waals surface area (Å²) < 4.78 is 6.38. The van der Waals surface area contributed by atoms with Gasteiger partial charge in [0.2, 0.25) is 0 Å². The molecular weight excluding hydrogens is 294 g/mol. The maximum Gasteiger partial charge on any atom is 0.192 e. The second-order valence-electron chi connectivity index (χ2n) is 7.93. The summed E-state index contributed by atoms with van der Waals surface area (Å²) in [5, 5.41) is 12.7. The number of nitrogens with zero attached hydrogens (tertiary/aromatic N) is 1. The molecule has 1 aliphatic rings. The lowest BCUT2D eigenvalue weighted by molar-refractivity contribution is -1.08. The van der Waals surface area contributed by atoms with Crippen LogP contribution in [0.1, 0.15) is 27.7 Å². The molecule has 0 saturated carbocycles. The van der Waals surface area contributed by atoms with Gasteiger partial charge in [-0.1, -0.05) is 39.0 Å². The monoisotopic (exact) mass is 323 g/mol. The van der Waals surface area contributed by atoms with Crippen LogP contribution in [0.3, 0.4) is 0 Å². The van der Waals surface area contributed by atoms with Gasteiger partial charge in [0.1, 0.15) is 13.1 Å². The Morgan fingerprint density at radius 2 is 1.73 bits per heavy atom. The molecule has 1 heterocycles. The molecule has 1 atom stereocenters. The van der Waals surface area contributed by atoms with Crippen LogP contribution in [0, 0.1) is 11.1 Å². The molecule has 0 bridgehead atoms. The lowest BCUT2D eigenvalue weighted by Crippen LogP contribution is -2.65. The van der Waals surface area contributed by atoms with Crippen LogP contribution in [0.2, 0.25) is 18.1 Å². The van der Waals surface area contributed by atoms with E-state index in [0.717, 1.165) is 0 Å². The van der Waals surface area contributed by atoms with Crippen molar-refractivity contribution in [1.82, 2.24) is 0 Å². The molecule has 2 rings (SSSR count). The molecule has 1 saturated heterocycles. The van der Waals surface area contributed by atoms with E-state index in [1.165, 1.54) is 0 Å². The molecule has 1 aromatic carbocycles. The smallest absolute Gasteiger partial charge is 0.192 e. The Morgan fingerprint density at radius 1 is 1.18 bits per heavy atom. The first-order valence-corrected chi connectivity index (χ1v) is 10.9. The topological polar surface area (TPSA) is 41.5 Å². The van der Waals surface area contributed by atoms with Crippen LogP contribution in [-0.2, 0) is 4.43 Å². The molecule has 0 aliphatic carbocycles. The van der Waals surface area contributed by atoms with E-state index in [-0.39, 0.29) is 17.1 Å². The summed E-state index contributed by atoms with van der Waals surface area (Å²) in [6.45, 7) is 14.2. The maximum absolute atomic E-state index is 12.5. The first-order chi connectivity index (χ1) is 10.0. The van der Waals surface area contributed by atoms with Crippen molar-refractivity contribution < 1.29 is 14.1 Å². The maximum atomic E-state index is 12.5. The van der Waals surface area contributed by atoms with Crippen LogP contribution in [0.4, 0.5) is 0 Å². The number of para-hydroxylation sites is 1. The summed E-state index contributed by atoms with van der Waals surface area (Å²) in [5.41, 5.74) is 0. The van der Waals surface area contributed by atoms with Crippen LogP contribution in [0.5, 0.6) is 5.75 Å². The Hall–Kier alpha value is -0.883. The standard InChI is InChI=1S/C17H29NO3Si/c1-14(21-22(5,6)17(2,3)4)15-12-18(19,13-15)20-16-10-8-7-9-11-16/h7-11,14-15H,12-13H2,1-6H3/t14-,15?,18?/m1/s1. The minimum Gasteiger partial charge on any atom is -0.589 e. The van der Waals surface area contributed by atoms with Gasteiger partial charge in [0.25, 0.3) is 0 Å². The van der Waals surface area contributed by atoms with Crippen molar-refractivity contribution in [1.29, 1.82) is 0 Å². The Labute approximate surface area is 135 Å². The quantitative estimate of drug-likeness (QED) is 0.460. The van der Waals surface area contributed by atoms with Crippen molar-refractivity contribution in [3.63, 3.8) is 0 Å². The molecule has 1 aromatic rings. The highest BCUT2D eigenvalue weighted by Gasteiger charge is 2.47. The summed E-state index contributed by atoms with van der Waals surface area (Å²) in [4.78, 5) is 4.96. The molecule has 0 spiro atoms. The molecule has 124 valence electrons. The lowest BCUT2D eigenvalue weighted by atomic mass is 9.96. The minimum atomic E-state index is -1.78. The van der Waals surface area contributed by atoms with Crippen LogP contribution < -0.4 is 4.84 Å². The number of benzene rings is 1. The molecule has 0 amide bonds. The Kier molecular flexibility index (Phi) is 4.73. The number of hydroxylamine groups is 4. The molecule has 22 heavy (non-hydrogen) atoms. The molecule has 0 N–H and O–H groups in total.